The summed E-state index contributed by atoms with van der Waals surface area (Å²) >= 11 is 0. The Morgan fingerprint density at radius 3 is 2.70 bits per heavy atom. The second-order valence-electron chi connectivity index (χ2n) is 4.07. The Kier molecular flexibility index (Phi) is 6.43. The van der Waals surface area contributed by atoms with Crippen LogP contribution in [0, 0.1) is 5.82 Å². The number of amides is 1. The Hall–Kier alpha value is -2.17. The molecule has 0 unspecified atom stereocenters. The number of carbonyl (C=O) groups is 2. The van der Waals surface area contributed by atoms with E-state index in [1.165, 1.54) is 29.2 Å². The minimum Gasteiger partial charge on any atom is -0.466 e. The van der Waals surface area contributed by atoms with E-state index in [1.807, 2.05) is 0 Å². The summed E-state index contributed by atoms with van der Waals surface area (Å²) in [5, 5.41) is 0. The Balaban J connectivity index is 2.75. The third-order valence-electron chi connectivity index (χ3n) is 2.63. The average molecular weight is 279 g/mol. The van der Waals surface area contributed by atoms with Crippen molar-refractivity contribution in [3.8, 4) is 0 Å². The number of benzene rings is 1. The fourth-order valence-corrected chi connectivity index (χ4v) is 1.70. The molecule has 0 fully saturated rings. The summed E-state index contributed by atoms with van der Waals surface area (Å²) in [5.74, 6) is -1.43. The summed E-state index contributed by atoms with van der Waals surface area (Å²) in [5.41, 5.74) is -0.0155. The number of ether oxygens (including phenoxy) is 1. The van der Waals surface area contributed by atoms with E-state index in [0.717, 1.165) is 0 Å². The number of esters is 1. The molecule has 0 aromatic heterocycles. The maximum Gasteiger partial charge on any atom is 0.307 e. The van der Waals surface area contributed by atoms with Crippen LogP contribution in [0.4, 0.5) is 4.39 Å². The first-order chi connectivity index (χ1) is 9.60. The second-order valence-corrected chi connectivity index (χ2v) is 4.07. The lowest BCUT2D eigenvalue weighted by Crippen LogP contribution is -2.34. The third-order valence-corrected chi connectivity index (χ3v) is 2.63. The topological polar surface area (TPSA) is 46.6 Å². The molecule has 0 heterocycles. The average Bonchev–Trinajstić information content (AvgIpc) is 2.43. The predicted octanol–water partition coefficient (Wildman–Crippen LogP) is 2.41. The van der Waals surface area contributed by atoms with E-state index in [-0.39, 0.29) is 31.0 Å². The van der Waals surface area contributed by atoms with Crippen molar-refractivity contribution in [3.05, 3.63) is 48.3 Å². The lowest BCUT2D eigenvalue weighted by Gasteiger charge is -2.21. The van der Waals surface area contributed by atoms with Gasteiger partial charge in [0.1, 0.15) is 5.82 Å². The molecule has 0 saturated carbocycles. The Labute approximate surface area is 117 Å². The highest BCUT2D eigenvalue weighted by Crippen LogP contribution is 2.10. The second kappa shape index (κ2) is 8.09. The normalized spacial score (nSPS) is 9.90. The van der Waals surface area contributed by atoms with Gasteiger partial charge in [-0.3, -0.25) is 9.59 Å². The lowest BCUT2D eigenvalue weighted by molar-refractivity contribution is -0.143. The molecule has 0 atom stereocenters. The fraction of sp³-hybridized carbons (Fsp3) is 0.333. The molecule has 1 aromatic carbocycles. The van der Waals surface area contributed by atoms with Gasteiger partial charge in [0.25, 0.3) is 5.91 Å². The molecule has 108 valence electrons. The zero-order chi connectivity index (χ0) is 15.0. The van der Waals surface area contributed by atoms with Crippen molar-refractivity contribution in [1.29, 1.82) is 0 Å². The van der Waals surface area contributed by atoms with E-state index in [9.17, 15) is 14.0 Å². The highest BCUT2D eigenvalue weighted by atomic mass is 19.1. The van der Waals surface area contributed by atoms with Crippen LogP contribution in [0.2, 0.25) is 0 Å². The van der Waals surface area contributed by atoms with Crippen molar-refractivity contribution in [3.63, 3.8) is 0 Å². The van der Waals surface area contributed by atoms with Gasteiger partial charge in [0.15, 0.2) is 0 Å². The molecule has 1 aromatic rings. The van der Waals surface area contributed by atoms with Crippen LogP contribution < -0.4 is 0 Å². The first kappa shape index (κ1) is 15.9. The van der Waals surface area contributed by atoms with Crippen LogP contribution >= 0.6 is 0 Å². The van der Waals surface area contributed by atoms with Crippen molar-refractivity contribution in [1.82, 2.24) is 4.90 Å². The molecule has 20 heavy (non-hydrogen) atoms. The lowest BCUT2D eigenvalue weighted by atomic mass is 10.2. The summed E-state index contributed by atoms with van der Waals surface area (Å²) in [6.45, 7) is 5.97. The maximum atomic E-state index is 13.6. The number of hydrogen-bond donors (Lipinski definition) is 0. The molecular weight excluding hydrogens is 261 g/mol. The first-order valence-electron chi connectivity index (χ1n) is 6.40. The molecular formula is C15H18FNO3. The molecule has 0 aliphatic rings. The van der Waals surface area contributed by atoms with Crippen LogP contribution in [0.1, 0.15) is 23.7 Å². The number of hydrogen-bond acceptors (Lipinski definition) is 3. The van der Waals surface area contributed by atoms with Crippen LogP contribution in [0.25, 0.3) is 0 Å². The van der Waals surface area contributed by atoms with Gasteiger partial charge in [-0.25, -0.2) is 4.39 Å². The zero-order valence-corrected chi connectivity index (χ0v) is 11.5. The molecule has 0 bridgehead atoms. The highest BCUT2D eigenvalue weighted by molar-refractivity contribution is 5.94. The molecule has 1 rings (SSSR count). The van der Waals surface area contributed by atoms with Gasteiger partial charge in [-0.1, -0.05) is 18.2 Å². The standard InChI is InChI=1S/C15H18FNO3/c1-3-10-17(11-9-14(18)20-4-2)15(19)12-7-5-6-8-13(12)16/h3,5-8H,1,4,9-11H2,2H3. The molecule has 0 N–H and O–H groups in total. The number of halogens is 1. The summed E-state index contributed by atoms with van der Waals surface area (Å²) in [6, 6.07) is 5.75. The molecule has 4 nitrogen and oxygen atoms in total. The van der Waals surface area contributed by atoms with E-state index in [1.54, 1.807) is 13.0 Å². The van der Waals surface area contributed by atoms with Gasteiger partial charge in [0.05, 0.1) is 18.6 Å². The van der Waals surface area contributed by atoms with Crippen molar-refractivity contribution in [2.45, 2.75) is 13.3 Å². The maximum absolute atomic E-state index is 13.6. The van der Waals surface area contributed by atoms with Crippen LogP contribution in [0.3, 0.4) is 0 Å². The quantitative estimate of drug-likeness (QED) is 0.569. The van der Waals surface area contributed by atoms with Gasteiger partial charge in [-0.05, 0) is 19.1 Å². The van der Waals surface area contributed by atoms with Gasteiger partial charge < -0.3 is 9.64 Å². The summed E-state index contributed by atoms with van der Waals surface area (Å²) < 4.78 is 18.4. The predicted molar refractivity (Wildman–Crippen MR) is 73.8 cm³/mol. The van der Waals surface area contributed by atoms with Gasteiger partial charge in [0, 0.05) is 13.1 Å². The van der Waals surface area contributed by atoms with Gasteiger partial charge in [-0.2, -0.15) is 0 Å². The van der Waals surface area contributed by atoms with Crippen LogP contribution in [0.5, 0.6) is 0 Å². The Morgan fingerprint density at radius 2 is 2.10 bits per heavy atom. The minimum absolute atomic E-state index is 0.0155. The summed E-state index contributed by atoms with van der Waals surface area (Å²) in [4.78, 5) is 24.9. The largest absolute Gasteiger partial charge is 0.466 e. The molecule has 0 aliphatic carbocycles. The van der Waals surface area contributed by atoms with Crippen LogP contribution in [-0.4, -0.2) is 36.5 Å². The fourth-order valence-electron chi connectivity index (χ4n) is 1.70. The first-order valence-corrected chi connectivity index (χ1v) is 6.40. The van der Waals surface area contributed by atoms with E-state index in [2.05, 4.69) is 6.58 Å². The molecule has 1 amide bonds. The monoisotopic (exact) mass is 279 g/mol. The van der Waals surface area contributed by atoms with Crippen molar-refractivity contribution < 1.29 is 18.7 Å². The molecule has 0 spiro atoms. The van der Waals surface area contributed by atoms with Gasteiger partial charge >= 0.3 is 5.97 Å². The van der Waals surface area contributed by atoms with E-state index >= 15 is 0 Å². The zero-order valence-electron chi connectivity index (χ0n) is 11.5. The number of nitrogens with zero attached hydrogens (tertiary/aromatic N) is 1. The molecule has 0 radical (unpaired) electrons. The Morgan fingerprint density at radius 1 is 1.40 bits per heavy atom. The Bertz CT molecular complexity index is 488. The third kappa shape index (κ3) is 4.50. The number of carbonyl (C=O) groups excluding carboxylic acids is 2. The minimum atomic E-state index is -0.581. The smallest absolute Gasteiger partial charge is 0.307 e. The van der Waals surface area contributed by atoms with E-state index < -0.39 is 11.7 Å². The van der Waals surface area contributed by atoms with E-state index in [0.29, 0.717) is 6.61 Å². The van der Waals surface area contributed by atoms with Crippen molar-refractivity contribution in [2.75, 3.05) is 19.7 Å². The highest BCUT2D eigenvalue weighted by Gasteiger charge is 2.18. The van der Waals surface area contributed by atoms with Crippen molar-refractivity contribution >= 4 is 11.9 Å². The molecule has 0 aliphatic heterocycles. The number of rotatable bonds is 7. The van der Waals surface area contributed by atoms with Crippen LogP contribution in [-0.2, 0) is 9.53 Å². The van der Waals surface area contributed by atoms with Gasteiger partial charge in [0.2, 0.25) is 0 Å². The van der Waals surface area contributed by atoms with E-state index in [4.69, 9.17) is 4.74 Å². The van der Waals surface area contributed by atoms with Crippen LogP contribution in [0.15, 0.2) is 36.9 Å². The molecule has 5 heteroatoms. The summed E-state index contributed by atoms with van der Waals surface area (Å²) in [6.07, 6.45) is 1.60. The van der Waals surface area contributed by atoms with Crippen molar-refractivity contribution in [2.24, 2.45) is 0 Å². The SMILES string of the molecule is C=CCN(CCC(=O)OCC)C(=O)c1ccccc1F. The molecule has 0 saturated heterocycles. The summed E-state index contributed by atoms with van der Waals surface area (Å²) in [7, 11) is 0. The van der Waals surface area contributed by atoms with Gasteiger partial charge in [-0.15, -0.1) is 6.58 Å².